The van der Waals surface area contributed by atoms with Gasteiger partial charge in [0.2, 0.25) is 0 Å². The Morgan fingerprint density at radius 3 is 2.15 bits per heavy atom. The fraction of sp³-hybridized carbons (Fsp3) is 0.944. The maximum absolute atomic E-state index is 11.1. The van der Waals surface area contributed by atoms with Crippen LogP contribution in [0.4, 0.5) is 0 Å². The largest absolute Gasteiger partial charge is 0.388 e. The third-order valence-corrected chi connectivity index (χ3v) is 6.34. The van der Waals surface area contributed by atoms with E-state index in [1.807, 2.05) is 0 Å². The first kappa shape index (κ1) is 15.8. The lowest BCUT2D eigenvalue weighted by Gasteiger charge is -2.47. The van der Waals surface area contributed by atoms with Gasteiger partial charge in [0, 0.05) is 0 Å². The maximum Gasteiger partial charge on any atom is 0.0860 e. The third-order valence-electron chi connectivity index (χ3n) is 6.34. The van der Waals surface area contributed by atoms with Crippen LogP contribution in [0.15, 0.2) is 0 Å². The van der Waals surface area contributed by atoms with Crippen LogP contribution in [-0.2, 0) is 0 Å². The zero-order valence-corrected chi connectivity index (χ0v) is 13.7. The van der Waals surface area contributed by atoms with Crippen molar-refractivity contribution in [1.82, 2.24) is 0 Å². The maximum atomic E-state index is 11.1. The molecule has 2 fully saturated rings. The van der Waals surface area contributed by atoms with E-state index in [9.17, 15) is 10.4 Å². The summed E-state index contributed by atoms with van der Waals surface area (Å²) in [5.41, 5.74) is -0.865. The van der Waals surface area contributed by atoms with Crippen molar-refractivity contribution >= 4 is 0 Å². The topological polar surface area (TPSA) is 44.0 Å². The van der Waals surface area contributed by atoms with Crippen LogP contribution in [0, 0.1) is 34.0 Å². The first-order chi connectivity index (χ1) is 9.26. The van der Waals surface area contributed by atoms with Crippen LogP contribution in [0.5, 0.6) is 0 Å². The van der Waals surface area contributed by atoms with Crippen molar-refractivity contribution in [2.45, 2.75) is 84.7 Å². The van der Waals surface area contributed by atoms with E-state index in [4.69, 9.17) is 0 Å². The lowest BCUT2D eigenvalue weighted by Crippen LogP contribution is -2.48. The van der Waals surface area contributed by atoms with Crippen molar-refractivity contribution < 1.29 is 5.11 Å². The van der Waals surface area contributed by atoms with Crippen LogP contribution in [0.1, 0.15) is 79.1 Å². The lowest BCUT2D eigenvalue weighted by molar-refractivity contribution is -0.0816. The van der Waals surface area contributed by atoms with Crippen molar-refractivity contribution in [3.63, 3.8) is 0 Å². The van der Waals surface area contributed by atoms with E-state index >= 15 is 0 Å². The van der Waals surface area contributed by atoms with Gasteiger partial charge in [-0.1, -0.05) is 34.1 Å². The Balaban J connectivity index is 2.12. The van der Waals surface area contributed by atoms with Crippen LogP contribution in [-0.4, -0.2) is 10.7 Å². The summed E-state index contributed by atoms with van der Waals surface area (Å²) in [6.45, 7) is 9.10. The molecule has 2 aliphatic rings. The number of rotatable bonds is 2. The second-order valence-electron chi connectivity index (χ2n) is 8.38. The van der Waals surface area contributed by atoms with Crippen LogP contribution in [0.25, 0.3) is 0 Å². The summed E-state index contributed by atoms with van der Waals surface area (Å²) < 4.78 is 0. The molecule has 0 bridgehead atoms. The predicted octanol–water partition coefficient (Wildman–Crippen LogP) is 4.67. The first-order valence-corrected chi connectivity index (χ1v) is 8.40. The summed E-state index contributed by atoms with van der Waals surface area (Å²) in [7, 11) is 0. The number of hydrogen-bond acceptors (Lipinski definition) is 2. The van der Waals surface area contributed by atoms with Crippen molar-refractivity contribution in [1.29, 1.82) is 5.26 Å². The Morgan fingerprint density at radius 1 is 1.15 bits per heavy atom. The van der Waals surface area contributed by atoms with Crippen molar-refractivity contribution in [2.24, 2.45) is 22.7 Å². The number of hydrogen-bond donors (Lipinski definition) is 1. The SMILES string of the molecule is CCC1CCC(O)(C2(C#N)CCC(C(C)(C)C)CC2)C1. The van der Waals surface area contributed by atoms with Crippen LogP contribution in [0.2, 0.25) is 0 Å². The Labute approximate surface area is 124 Å². The average molecular weight is 277 g/mol. The molecule has 2 nitrogen and oxygen atoms in total. The molecule has 0 aliphatic heterocycles. The second kappa shape index (κ2) is 5.34. The highest BCUT2D eigenvalue weighted by Gasteiger charge is 2.55. The monoisotopic (exact) mass is 277 g/mol. The molecule has 20 heavy (non-hydrogen) atoms. The van der Waals surface area contributed by atoms with Gasteiger partial charge < -0.3 is 5.11 Å². The lowest BCUT2D eigenvalue weighted by atomic mass is 9.58. The molecule has 0 spiro atoms. The quantitative estimate of drug-likeness (QED) is 0.797. The van der Waals surface area contributed by atoms with Crippen LogP contribution < -0.4 is 0 Å². The molecule has 0 aromatic heterocycles. The van der Waals surface area contributed by atoms with Crippen molar-refractivity contribution in [2.75, 3.05) is 0 Å². The van der Waals surface area contributed by atoms with Gasteiger partial charge in [0.15, 0.2) is 0 Å². The first-order valence-electron chi connectivity index (χ1n) is 8.40. The molecule has 2 atom stereocenters. The average Bonchev–Trinajstić information content (AvgIpc) is 2.81. The highest BCUT2D eigenvalue weighted by molar-refractivity contribution is 5.15. The summed E-state index contributed by atoms with van der Waals surface area (Å²) in [4.78, 5) is 0. The van der Waals surface area contributed by atoms with Crippen molar-refractivity contribution in [3.8, 4) is 6.07 Å². The molecule has 0 saturated heterocycles. The highest BCUT2D eigenvalue weighted by Crippen LogP contribution is 2.56. The van der Waals surface area contributed by atoms with Gasteiger partial charge in [0.05, 0.1) is 17.1 Å². The van der Waals surface area contributed by atoms with E-state index in [1.165, 1.54) is 0 Å². The van der Waals surface area contributed by atoms with Crippen LogP contribution in [0.3, 0.4) is 0 Å². The fourth-order valence-electron chi connectivity index (χ4n) is 4.57. The zero-order chi connectivity index (χ0) is 15.0. The number of aliphatic hydroxyl groups is 1. The standard InChI is InChI=1S/C18H31NO/c1-5-14-6-11-18(20,12-14)17(13-19)9-7-15(8-10-17)16(2,3)4/h14-15,20H,5-12H2,1-4H3. The van der Waals surface area contributed by atoms with Gasteiger partial charge in [-0.05, 0) is 62.2 Å². The van der Waals surface area contributed by atoms with Gasteiger partial charge in [-0.2, -0.15) is 5.26 Å². The van der Waals surface area contributed by atoms with Gasteiger partial charge in [-0.25, -0.2) is 0 Å². The molecule has 1 N–H and O–H groups in total. The Bertz CT molecular complexity index is 381. The van der Waals surface area contributed by atoms with Gasteiger partial charge in [-0.15, -0.1) is 0 Å². The molecular weight excluding hydrogens is 246 g/mol. The summed E-state index contributed by atoms with van der Waals surface area (Å²) in [6, 6.07) is 2.57. The molecule has 2 aliphatic carbocycles. The Morgan fingerprint density at radius 2 is 1.75 bits per heavy atom. The molecule has 2 heteroatoms. The number of nitriles is 1. The van der Waals surface area contributed by atoms with Crippen molar-refractivity contribution in [3.05, 3.63) is 0 Å². The normalized spacial score (nSPS) is 42.4. The summed E-state index contributed by atoms with van der Waals surface area (Å²) in [6.07, 6.45) is 7.87. The molecule has 0 amide bonds. The minimum atomic E-state index is -0.717. The van der Waals surface area contributed by atoms with Gasteiger partial charge in [-0.3, -0.25) is 0 Å². The molecule has 2 saturated carbocycles. The molecule has 0 aromatic carbocycles. The Hall–Kier alpha value is -0.550. The van der Waals surface area contributed by atoms with E-state index in [2.05, 4.69) is 33.8 Å². The fourth-order valence-corrected chi connectivity index (χ4v) is 4.57. The third kappa shape index (κ3) is 2.62. The predicted molar refractivity (Wildman–Crippen MR) is 82.0 cm³/mol. The van der Waals surface area contributed by atoms with Gasteiger partial charge >= 0.3 is 0 Å². The molecule has 0 heterocycles. The smallest absolute Gasteiger partial charge is 0.0860 e. The molecule has 2 rings (SSSR count). The molecular formula is C18H31NO. The molecule has 114 valence electrons. The van der Waals surface area contributed by atoms with E-state index in [0.29, 0.717) is 17.3 Å². The molecule has 0 radical (unpaired) electrons. The minimum absolute atomic E-state index is 0.325. The zero-order valence-electron chi connectivity index (χ0n) is 13.7. The highest BCUT2D eigenvalue weighted by atomic mass is 16.3. The van der Waals surface area contributed by atoms with E-state index in [0.717, 1.165) is 51.4 Å². The van der Waals surface area contributed by atoms with E-state index in [1.54, 1.807) is 0 Å². The second-order valence-corrected chi connectivity index (χ2v) is 8.38. The van der Waals surface area contributed by atoms with Crippen LogP contribution >= 0.6 is 0 Å². The molecule has 2 unspecified atom stereocenters. The van der Waals surface area contributed by atoms with E-state index in [-0.39, 0.29) is 0 Å². The summed E-state index contributed by atoms with van der Waals surface area (Å²) in [5, 5.41) is 20.9. The minimum Gasteiger partial charge on any atom is -0.388 e. The van der Waals surface area contributed by atoms with Gasteiger partial charge in [0.1, 0.15) is 0 Å². The number of nitrogens with zero attached hydrogens (tertiary/aromatic N) is 1. The van der Waals surface area contributed by atoms with Gasteiger partial charge in [0.25, 0.3) is 0 Å². The Kier molecular flexibility index (Phi) is 4.22. The summed E-state index contributed by atoms with van der Waals surface area (Å²) >= 11 is 0. The van der Waals surface area contributed by atoms with E-state index < -0.39 is 11.0 Å². The molecule has 0 aromatic rings. The summed E-state index contributed by atoms with van der Waals surface area (Å²) in [5.74, 6) is 1.31.